The summed E-state index contributed by atoms with van der Waals surface area (Å²) in [6.45, 7) is 1.50. The van der Waals surface area contributed by atoms with E-state index in [-0.39, 0.29) is 19.5 Å². The maximum atomic E-state index is 13.3. The Morgan fingerprint density at radius 1 is 1.38 bits per heavy atom. The Labute approximate surface area is 129 Å². The highest BCUT2D eigenvalue weighted by Gasteiger charge is 2.61. The number of benzene rings is 1. The Balaban J connectivity index is 2.14. The highest BCUT2D eigenvalue weighted by Crippen LogP contribution is 2.43. The second-order valence-corrected chi connectivity index (χ2v) is 6.17. The van der Waals surface area contributed by atoms with Crippen LogP contribution in [-0.4, -0.2) is 25.2 Å². The van der Waals surface area contributed by atoms with Gasteiger partial charge in [0.25, 0.3) is 0 Å². The molecule has 1 aromatic rings. The van der Waals surface area contributed by atoms with Crippen LogP contribution in [0.3, 0.4) is 0 Å². The first-order valence-electron chi connectivity index (χ1n) is 6.60. The molecule has 0 radical (unpaired) electrons. The van der Waals surface area contributed by atoms with Gasteiger partial charge in [-0.3, -0.25) is 4.79 Å². The molecule has 21 heavy (non-hydrogen) atoms. The predicted octanol–water partition coefficient (Wildman–Crippen LogP) is 3.17. The van der Waals surface area contributed by atoms with Gasteiger partial charge in [-0.05, 0) is 37.6 Å². The van der Waals surface area contributed by atoms with E-state index in [1.165, 1.54) is 0 Å². The van der Waals surface area contributed by atoms with E-state index in [9.17, 15) is 18.0 Å². The Morgan fingerprint density at radius 3 is 2.48 bits per heavy atom. The summed E-state index contributed by atoms with van der Waals surface area (Å²) < 4.78 is 40.7. The van der Waals surface area contributed by atoms with Crippen molar-refractivity contribution in [2.24, 2.45) is 5.41 Å². The van der Waals surface area contributed by atoms with Crippen molar-refractivity contribution in [1.82, 2.24) is 10.6 Å². The summed E-state index contributed by atoms with van der Waals surface area (Å²) >= 11 is 3.29. The SMILES string of the molecule is C[C@H](NC(=O)C1(C(F)(F)F)CCNC1)c1ccc(Br)cc1. The summed E-state index contributed by atoms with van der Waals surface area (Å²) in [5.74, 6) is -0.963. The van der Waals surface area contributed by atoms with Gasteiger partial charge in [0, 0.05) is 11.0 Å². The maximum absolute atomic E-state index is 13.3. The summed E-state index contributed by atoms with van der Waals surface area (Å²) in [5, 5.41) is 5.12. The lowest BCUT2D eigenvalue weighted by Gasteiger charge is -2.31. The summed E-state index contributed by atoms with van der Waals surface area (Å²) in [4.78, 5) is 12.2. The van der Waals surface area contributed by atoms with E-state index in [4.69, 9.17) is 0 Å². The van der Waals surface area contributed by atoms with Crippen molar-refractivity contribution in [3.05, 3.63) is 34.3 Å². The van der Waals surface area contributed by atoms with Crippen molar-refractivity contribution in [3.63, 3.8) is 0 Å². The summed E-state index contributed by atoms with van der Waals surface area (Å²) in [6, 6.07) is 6.62. The summed E-state index contributed by atoms with van der Waals surface area (Å²) in [6.07, 6.45) is -4.78. The topological polar surface area (TPSA) is 41.1 Å². The van der Waals surface area contributed by atoms with Crippen LogP contribution in [0.25, 0.3) is 0 Å². The van der Waals surface area contributed by atoms with Crippen LogP contribution in [0.4, 0.5) is 13.2 Å². The second-order valence-electron chi connectivity index (χ2n) is 5.25. The van der Waals surface area contributed by atoms with Crippen molar-refractivity contribution in [1.29, 1.82) is 0 Å². The van der Waals surface area contributed by atoms with Crippen molar-refractivity contribution in [2.45, 2.75) is 25.6 Å². The van der Waals surface area contributed by atoms with Crippen LogP contribution >= 0.6 is 15.9 Å². The number of amides is 1. The predicted molar refractivity (Wildman–Crippen MR) is 76.7 cm³/mol. The lowest BCUT2D eigenvalue weighted by atomic mass is 9.84. The van der Waals surface area contributed by atoms with Gasteiger partial charge in [0.15, 0.2) is 5.41 Å². The van der Waals surface area contributed by atoms with Crippen LogP contribution in [0.1, 0.15) is 24.9 Å². The van der Waals surface area contributed by atoms with Crippen molar-refractivity contribution < 1.29 is 18.0 Å². The van der Waals surface area contributed by atoms with Crippen molar-refractivity contribution >= 4 is 21.8 Å². The molecule has 1 aliphatic rings. The van der Waals surface area contributed by atoms with Gasteiger partial charge in [0.05, 0.1) is 6.04 Å². The Bertz CT molecular complexity index is 510. The molecule has 0 bridgehead atoms. The van der Waals surface area contributed by atoms with Gasteiger partial charge >= 0.3 is 6.18 Å². The minimum absolute atomic E-state index is 0.194. The third kappa shape index (κ3) is 3.23. The molecule has 3 nitrogen and oxygen atoms in total. The molecule has 1 amide bonds. The molecule has 1 aromatic carbocycles. The van der Waals surface area contributed by atoms with E-state index >= 15 is 0 Å². The molecule has 2 N–H and O–H groups in total. The average molecular weight is 365 g/mol. The molecule has 0 spiro atoms. The Hall–Kier alpha value is -1.08. The molecule has 1 fully saturated rings. The first-order valence-corrected chi connectivity index (χ1v) is 7.39. The fourth-order valence-electron chi connectivity index (χ4n) is 2.43. The van der Waals surface area contributed by atoms with E-state index in [2.05, 4.69) is 26.6 Å². The Morgan fingerprint density at radius 2 is 2.00 bits per heavy atom. The highest BCUT2D eigenvalue weighted by molar-refractivity contribution is 9.10. The minimum atomic E-state index is -4.56. The molecule has 1 unspecified atom stereocenters. The zero-order valence-corrected chi connectivity index (χ0v) is 13.0. The van der Waals surface area contributed by atoms with Gasteiger partial charge in [-0.25, -0.2) is 0 Å². The fourth-order valence-corrected chi connectivity index (χ4v) is 2.69. The van der Waals surface area contributed by atoms with Gasteiger partial charge in [0.1, 0.15) is 0 Å². The highest BCUT2D eigenvalue weighted by atomic mass is 79.9. The summed E-state index contributed by atoms with van der Waals surface area (Å²) in [7, 11) is 0. The number of carbonyl (C=O) groups excluding carboxylic acids is 1. The minimum Gasteiger partial charge on any atom is -0.349 e. The standard InChI is InChI=1S/C14H16BrF3N2O/c1-9(10-2-4-11(15)5-3-10)20-12(21)13(14(16,17)18)6-7-19-8-13/h2-5,9,19H,6-8H2,1H3,(H,20,21)/t9-,13?/m0/s1. The maximum Gasteiger partial charge on any atom is 0.404 e. The quantitative estimate of drug-likeness (QED) is 0.864. The van der Waals surface area contributed by atoms with E-state index in [0.29, 0.717) is 0 Å². The molecule has 0 aromatic heterocycles. The fraction of sp³-hybridized carbons (Fsp3) is 0.500. The molecular weight excluding hydrogens is 349 g/mol. The van der Waals surface area contributed by atoms with Crippen LogP contribution in [0.5, 0.6) is 0 Å². The van der Waals surface area contributed by atoms with Crippen molar-refractivity contribution in [2.75, 3.05) is 13.1 Å². The Kier molecular flexibility index (Phi) is 4.63. The van der Waals surface area contributed by atoms with Gasteiger partial charge in [-0.2, -0.15) is 13.2 Å². The third-order valence-corrected chi connectivity index (χ3v) is 4.38. The van der Waals surface area contributed by atoms with Crippen LogP contribution in [0.15, 0.2) is 28.7 Å². The van der Waals surface area contributed by atoms with E-state index in [1.54, 1.807) is 31.2 Å². The van der Waals surface area contributed by atoms with Crippen LogP contribution in [0.2, 0.25) is 0 Å². The molecule has 0 saturated carbocycles. The van der Waals surface area contributed by atoms with E-state index < -0.39 is 23.5 Å². The molecule has 7 heteroatoms. The second kappa shape index (κ2) is 5.96. The van der Waals surface area contributed by atoms with E-state index in [0.717, 1.165) is 10.0 Å². The molecule has 1 heterocycles. The lowest BCUT2D eigenvalue weighted by molar-refractivity contribution is -0.216. The van der Waals surface area contributed by atoms with Crippen LogP contribution < -0.4 is 10.6 Å². The zero-order chi connectivity index (χ0) is 15.7. The van der Waals surface area contributed by atoms with Gasteiger partial charge < -0.3 is 10.6 Å². The van der Waals surface area contributed by atoms with E-state index in [1.807, 2.05) is 0 Å². The summed E-state index contributed by atoms with van der Waals surface area (Å²) in [5.41, 5.74) is -1.56. The smallest absolute Gasteiger partial charge is 0.349 e. The molecule has 2 rings (SSSR count). The zero-order valence-electron chi connectivity index (χ0n) is 11.4. The largest absolute Gasteiger partial charge is 0.404 e. The molecular formula is C14H16BrF3N2O. The number of hydrogen-bond acceptors (Lipinski definition) is 2. The molecule has 1 saturated heterocycles. The number of halogens is 4. The van der Waals surface area contributed by atoms with Crippen molar-refractivity contribution in [3.8, 4) is 0 Å². The van der Waals surface area contributed by atoms with Crippen LogP contribution in [0, 0.1) is 5.41 Å². The molecule has 116 valence electrons. The third-order valence-electron chi connectivity index (χ3n) is 3.85. The number of hydrogen-bond donors (Lipinski definition) is 2. The van der Waals surface area contributed by atoms with Gasteiger partial charge in [-0.15, -0.1) is 0 Å². The normalized spacial score (nSPS) is 23.9. The number of alkyl halides is 3. The number of carbonyl (C=O) groups is 1. The number of nitrogens with one attached hydrogen (secondary N) is 2. The lowest BCUT2D eigenvalue weighted by Crippen LogP contribution is -2.52. The number of rotatable bonds is 3. The first kappa shape index (κ1) is 16.3. The first-order chi connectivity index (χ1) is 9.76. The van der Waals surface area contributed by atoms with Crippen LogP contribution in [-0.2, 0) is 4.79 Å². The molecule has 1 aliphatic heterocycles. The molecule has 0 aliphatic carbocycles. The van der Waals surface area contributed by atoms with Gasteiger partial charge in [0.2, 0.25) is 5.91 Å². The van der Waals surface area contributed by atoms with Gasteiger partial charge in [-0.1, -0.05) is 28.1 Å². The molecule has 2 atom stereocenters. The average Bonchev–Trinajstić information content (AvgIpc) is 2.89. The monoisotopic (exact) mass is 364 g/mol.